The van der Waals surface area contributed by atoms with Crippen molar-refractivity contribution < 1.29 is 4.79 Å². The lowest BCUT2D eigenvalue weighted by atomic mass is 10.1. The van der Waals surface area contributed by atoms with Crippen LogP contribution >= 0.6 is 0 Å². The number of rotatable bonds is 3. The van der Waals surface area contributed by atoms with Crippen LogP contribution in [0.15, 0.2) is 36.7 Å². The van der Waals surface area contributed by atoms with Crippen molar-refractivity contribution in [2.45, 2.75) is 26.7 Å². The minimum Gasteiger partial charge on any atom is -0.303 e. The zero-order valence-corrected chi connectivity index (χ0v) is 10.3. The van der Waals surface area contributed by atoms with Gasteiger partial charge in [0.05, 0.1) is 5.69 Å². The molecule has 0 saturated carbocycles. The van der Waals surface area contributed by atoms with E-state index in [2.05, 4.69) is 18.8 Å². The van der Waals surface area contributed by atoms with Crippen molar-refractivity contribution in [3.63, 3.8) is 0 Å². The van der Waals surface area contributed by atoms with Crippen LogP contribution in [0.25, 0.3) is 5.69 Å². The molecule has 0 radical (unpaired) electrons. The third-order valence-electron chi connectivity index (χ3n) is 2.73. The van der Waals surface area contributed by atoms with Gasteiger partial charge in [-0.2, -0.15) is 0 Å². The van der Waals surface area contributed by atoms with E-state index in [4.69, 9.17) is 0 Å². The molecule has 0 spiro atoms. The van der Waals surface area contributed by atoms with Gasteiger partial charge in [-0.05, 0) is 19.1 Å². The highest BCUT2D eigenvalue weighted by Gasteiger charge is 2.13. The van der Waals surface area contributed by atoms with E-state index in [-0.39, 0.29) is 5.78 Å². The summed E-state index contributed by atoms with van der Waals surface area (Å²) in [6, 6.07) is 7.62. The zero-order chi connectivity index (χ0) is 12.4. The Morgan fingerprint density at radius 2 is 2.00 bits per heavy atom. The van der Waals surface area contributed by atoms with Crippen LogP contribution in [0.3, 0.4) is 0 Å². The number of benzene rings is 1. The van der Waals surface area contributed by atoms with E-state index < -0.39 is 0 Å². The van der Waals surface area contributed by atoms with Crippen LogP contribution in [-0.2, 0) is 0 Å². The second-order valence-corrected chi connectivity index (χ2v) is 4.38. The number of imidazole rings is 1. The second-order valence-electron chi connectivity index (χ2n) is 4.38. The molecule has 0 fully saturated rings. The van der Waals surface area contributed by atoms with Gasteiger partial charge in [0.25, 0.3) is 0 Å². The van der Waals surface area contributed by atoms with Crippen LogP contribution in [0.2, 0.25) is 0 Å². The van der Waals surface area contributed by atoms with Gasteiger partial charge in [-0.25, -0.2) is 4.98 Å². The van der Waals surface area contributed by atoms with E-state index >= 15 is 0 Å². The molecule has 0 aliphatic heterocycles. The van der Waals surface area contributed by atoms with Crippen molar-refractivity contribution >= 4 is 5.78 Å². The highest BCUT2D eigenvalue weighted by molar-refractivity contribution is 5.97. The fourth-order valence-electron chi connectivity index (χ4n) is 1.93. The number of nitrogens with zero attached hydrogens (tertiary/aromatic N) is 2. The molecule has 2 rings (SSSR count). The SMILES string of the molecule is CC(=O)c1ccccc1-n1ccnc1C(C)C. The molecule has 17 heavy (non-hydrogen) atoms. The van der Waals surface area contributed by atoms with Gasteiger partial charge in [0.2, 0.25) is 0 Å². The van der Waals surface area contributed by atoms with Crippen LogP contribution in [0.4, 0.5) is 0 Å². The minimum atomic E-state index is 0.0732. The monoisotopic (exact) mass is 228 g/mol. The third-order valence-corrected chi connectivity index (χ3v) is 2.73. The van der Waals surface area contributed by atoms with Crippen molar-refractivity contribution in [3.05, 3.63) is 48.0 Å². The van der Waals surface area contributed by atoms with Crippen LogP contribution in [0.5, 0.6) is 0 Å². The maximum atomic E-state index is 11.6. The van der Waals surface area contributed by atoms with Gasteiger partial charge >= 0.3 is 0 Å². The lowest BCUT2D eigenvalue weighted by Crippen LogP contribution is -2.07. The summed E-state index contributed by atoms with van der Waals surface area (Å²) in [5, 5.41) is 0. The zero-order valence-electron chi connectivity index (χ0n) is 10.3. The Bertz CT molecular complexity index is 541. The Morgan fingerprint density at radius 3 is 2.65 bits per heavy atom. The maximum Gasteiger partial charge on any atom is 0.161 e. The number of aromatic nitrogens is 2. The van der Waals surface area contributed by atoms with E-state index in [1.807, 2.05) is 35.0 Å². The molecule has 0 amide bonds. The normalized spacial score (nSPS) is 10.8. The summed E-state index contributed by atoms with van der Waals surface area (Å²) in [6.07, 6.45) is 3.67. The van der Waals surface area contributed by atoms with Gasteiger partial charge in [0.15, 0.2) is 5.78 Å². The number of hydrogen-bond donors (Lipinski definition) is 0. The number of carbonyl (C=O) groups excluding carboxylic acids is 1. The first kappa shape index (κ1) is 11.6. The maximum absolute atomic E-state index is 11.6. The van der Waals surface area contributed by atoms with Crippen molar-refractivity contribution in [1.82, 2.24) is 9.55 Å². The molecule has 88 valence electrons. The van der Waals surface area contributed by atoms with Crippen LogP contribution in [0.1, 0.15) is 42.9 Å². The second kappa shape index (κ2) is 4.53. The average Bonchev–Trinajstić information content (AvgIpc) is 2.77. The van der Waals surface area contributed by atoms with Gasteiger partial charge in [-0.1, -0.05) is 26.0 Å². The number of hydrogen-bond acceptors (Lipinski definition) is 2. The molecule has 3 nitrogen and oxygen atoms in total. The summed E-state index contributed by atoms with van der Waals surface area (Å²) >= 11 is 0. The van der Waals surface area contributed by atoms with Crippen molar-refractivity contribution in [1.29, 1.82) is 0 Å². The Labute approximate surface area is 101 Å². The summed E-state index contributed by atoms with van der Waals surface area (Å²) in [7, 11) is 0. The van der Waals surface area contributed by atoms with E-state index in [0.29, 0.717) is 5.92 Å². The van der Waals surface area contributed by atoms with E-state index in [9.17, 15) is 4.79 Å². The quantitative estimate of drug-likeness (QED) is 0.756. The summed E-state index contributed by atoms with van der Waals surface area (Å²) in [5.74, 6) is 1.37. The molecule has 1 aromatic carbocycles. The average molecular weight is 228 g/mol. The van der Waals surface area contributed by atoms with Gasteiger partial charge in [-0.3, -0.25) is 4.79 Å². The molecule has 0 atom stereocenters. The van der Waals surface area contributed by atoms with E-state index in [0.717, 1.165) is 17.1 Å². The molecular formula is C14H16N2O. The van der Waals surface area contributed by atoms with Crippen molar-refractivity contribution in [2.24, 2.45) is 0 Å². The molecule has 1 heterocycles. The molecule has 0 aliphatic rings. The van der Waals surface area contributed by atoms with Crippen molar-refractivity contribution in [2.75, 3.05) is 0 Å². The standard InChI is InChI=1S/C14H16N2O/c1-10(2)14-15-8-9-16(14)13-7-5-4-6-12(13)11(3)17/h4-10H,1-3H3. The summed E-state index contributed by atoms with van der Waals surface area (Å²) in [5.41, 5.74) is 1.63. The first-order valence-corrected chi connectivity index (χ1v) is 5.75. The molecule has 1 aromatic heterocycles. The number of para-hydroxylation sites is 1. The fourth-order valence-corrected chi connectivity index (χ4v) is 1.93. The Morgan fingerprint density at radius 1 is 1.29 bits per heavy atom. The van der Waals surface area contributed by atoms with Gasteiger partial charge in [0, 0.05) is 23.9 Å². The number of carbonyl (C=O) groups is 1. The molecule has 0 N–H and O–H groups in total. The predicted octanol–water partition coefficient (Wildman–Crippen LogP) is 3.20. The lowest BCUT2D eigenvalue weighted by Gasteiger charge is -2.13. The highest BCUT2D eigenvalue weighted by Crippen LogP contribution is 2.21. The summed E-state index contributed by atoms with van der Waals surface area (Å²) < 4.78 is 1.99. The Hall–Kier alpha value is -1.90. The summed E-state index contributed by atoms with van der Waals surface area (Å²) in [6.45, 7) is 5.77. The van der Waals surface area contributed by atoms with Crippen molar-refractivity contribution in [3.8, 4) is 5.69 Å². The smallest absolute Gasteiger partial charge is 0.161 e. The third kappa shape index (κ3) is 2.13. The fraction of sp³-hybridized carbons (Fsp3) is 0.286. The summed E-state index contributed by atoms with van der Waals surface area (Å²) in [4.78, 5) is 16.0. The van der Waals surface area contributed by atoms with Gasteiger partial charge in [-0.15, -0.1) is 0 Å². The van der Waals surface area contributed by atoms with Crippen LogP contribution in [-0.4, -0.2) is 15.3 Å². The first-order valence-electron chi connectivity index (χ1n) is 5.75. The van der Waals surface area contributed by atoms with E-state index in [1.165, 1.54) is 0 Å². The molecule has 0 unspecified atom stereocenters. The van der Waals surface area contributed by atoms with E-state index in [1.54, 1.807) is 13.1 Å². The van der Waals surface area contributed by atoms with Crippen LogP contribution in [0, 0.1) is 0 Å². The molecule has 0 bridgehead atoms. The topological polar surface area (TPSA) is 34.9 Å². The van der Waals surface area contributed by atoms with Crippen LogP contribution < -0.4 is 0 Å². The number of ketones is 1. The molecule has 2 aromatic rings. The minimum absolute atomic E-state index is 0.0732. The molecular weight excluding hydrogens is 212 g/mol. The Kier molecular flexibility index (Phi) is 3.09. The first-order chi connectivity index (χ1) is 8.11. The molecule has 0 saturated heterocycles. The molecule has 3 heteroatoms. The van der Waals surface area contributed by atoms with Gasteiger partial charge in [0.1, 0.15) is 5.82 Å². The highest BCUT2D eigenvalue weighted by atomic mass is 16.1. The number of Topliss-reactive ketones (excluding diaryl/α,β-unsaturated/α-hetero) is 1. The Balaban J connectivity index is 2.60. The lowest BCUT2D eigenvalue weighted by molar-refractivity contribution is 0.101. The predicted molar refractivity (Wildman–Crippen MR) is 67.7 cm³/mol. The largest absolute Gasteiger partial charge is 0.303 e. The van der Waals surface area contributed by atoms with Gasteiger partial charge < -0.3 is 4.57 Å². The molecule has 0 aliphatic carbocycles.